The largest absolute Gasteiger partial charge is 0.416 e. The van der Waals surface area contributed by atoms with E-state index in [1.807, 2.05) is 24.3 Å². The van der Waals surface area contributed by atoms with Crippen LogP contribution in [0.25, 0.3) is 0 Å². The van der Waals surface area contributed by atoms with Gasteiger partial charge in [-0.3, -0.25) is 0 Å². The predicted octanol–water partition coefficient (Wildman–Crippen LogP) is 3.66. The Balaban J connectivity index is 1.63. The number of aliphatic hydroxyl groups is 1. The highest BCUT2D eigenvalue weighted by atomic mass is 19.4. The topological polar surface area (TPSA) is 61.4 Å². The maximum absolute atomic E-state index is 12.7. The second-order valence-electron chi connectivity index (χ2n) is 6.07. The van der Waals surface area contributed by atoms with Crippen LogP contribution in [0.5, 0.6) is 0 Å². The molecule has 2 aromatic rings. The summed E-state index contributed by atoms with van der Waals surface area (Å²) < 4.78 is 38.1. The number of benzene rings is 2. The fraction of sp³-hybridized carbons (Fsp3) is 0.278. The number of nitrogens with one attached hydrogen (secondary N) is 2. The second kappa shape index (κ2) is 6.40. The Morgan fingerprint density at radius 2 is 1.92 bits per heavy atom. The van der Waals surface area contributed by atoms with E-state index >= 15 is 0 Å². The Morgan fingerprint density at radius 3 is 2.68 bits per heavy atom. The summed E-state index contributed by atoms with van der Waals surface area (Å²) >= 11 is 0. The molecule has 7 heteroatoms. The first-order valence-electron chi connectivity index (χ1n) is 7.81. The number of urea groups is 1. The van der Waals surface area contributed by atoms with Crippen LogP contribution in [0.1, 0.15) is 23.1 Å². The van der Waals surface area contributed by atoms with Crippen LogP contribution in [0, 0.1) is 0 Å². The summed E-state index contributed by atoms with van der Waals surface area (Å²) in [6.07, 6.45) is -3.28. The number of carbonyl (C=O) groups is 1. The van der Waals surface area contributed by atoms with E-state index in [9.17, 15) is 23.1 Å². The van der Waals surface area contributed by atoms with Crippen molar-refractivity contribution in [2.24, 2.45) is 0 Å². The highest BCUT2D eigenvalue weighted by Gasteiger charge is 2.36. The Kier molecular flexibility index (Phi) is 4.43. The van der Waals surface area contributed by atoms with Crippen LogP contribution in [0.4, 0.5) is 23.7 Å². The predicted molar refractivity (Wildman–Crippen MR) is 87.1 cm³/mol. The monoisotopic (exact) mass is 350 g/mol. The summed E-state index contributed by atoms with van der Waals surface area (Å²) in [4.78, 5) is 12.0. The van der Waals surface area contributed by atoms with E-state index in [2.05, 4.69) is 10.6 Å². The van der Waals surface area contributed by atoms with Gasteiger partial charge in [0.1, 0.15) is 5.60 Å². The van der Waals surface area contributed by atoms with Crippen molar-refractivity contribution in [3.8, 4) is 0 Å². The Hall–Kier alpha value is -2.54. The summed E-state index contributed by atoms with van der Waals surface area (Å²) in [5.74, 6) is 0. The summed E-state index contributed by atoms with van der Waals surface area (Å²) in [5, 5.41) is 15.6. The van der Waals surface area contributed by atoms with Crippen LogP contribution >= 0.6 is 0 Å². The van der Waals surface area contributed by atoms with Crippen LogP contribution in [-0.4, -0.2) is 17.7 Å². The third kappa shape index (κ3) is 3.76. The van der Waals surface area contributed by atoms with Crippen molar-refractivity contribution in [1.29, 1.82) is 0 Å². The lowest BCUT2D eigenvalue weighted by atomic mass is 9.96. The fourth-order valence-electron chi connectivity index (χ4n) is 3.03. The maximum atomic E-state index is 12.7. The minimum atomic E-state index is -4.48. The quantitative estimate of drug-likeness (QED) is 0.791. The van der Waals surface area contributed by atoms with Gasteiger partial charge in [-0.05, 0) is 42.2 Å². The molecule has 1 aliphatic carbocycles. The molecule has 0 saturated heterocycles. The van der Waals surface area contributed by atoms with Crippen molar-refractivity contribution in [3.63, 3.8) is 0 Å². The van der Waals surface area contributed by atoms with Gasteiger partial charge in [0.05, 0.1) is 12.1 Å². The number of halogens is 3. The summed E-state index contributed by atoms with van der Waals surface area (Å²) in [5.41, 5.74) is -0.166. The lowest BCUT2D eigenvalue weighted by Crippen LogP contribution is -2.41. The fourth-order valence-corrected chi connectivity index (χ4v) is 3.03. The van der Waals surface area contributed by atoms with Gasteiger partial charge in [-0.2, -0.15) is 13.2 Å². The van der Waals surface area contributed by atoms with E-state index in [0.717, 1.165) is 23.3 Å². The molecule has 1 atom stereocenters. The zero-order valence-electron chi connectivity index (χ0n) is 13.2. The number of amides is 2. The summed E-state index contributed by atoms with van der Waals surface area (Å²) in [6, 6.07) is 11.2. The minimum absolute atomic E-state index is 0.0190. The van der Waals surface area contributed by atoms with E-state index in [1.54, 1.807) is 0 Å². The average molecular weight is 350 g/mol. The molecule has 0 aromatic heterocycles. The molecule has 4 nitrogen and oxygen atoms in total. The van der Waals surface area contributed by atoms with E-state index in [1.165, 1.54) is 12.1 Å². The van der Waals surface area contributed by atoms with Gasteiger partial charge in [0.15, 0.2) is 0 Å². The lowest BCUT2D eigenvalue weighted by Gasteiger charge is -2.24. The Morgan fingerprint density at radius 1 is 1.16 bits per heavy atom. The first kappa shape index (κ1) is 17.3. The highest BCUT2D eigenvalue weighted by molar-refractivity contribution is 5.89. The molecule has 0 aliphatic heterocycles. The van der Waals surface area contributed by atoms with Gasteiger partial charge < -0.3 is 15.7 Å². The molecule has 3 N–H and O–H groups in total. The minimum Gasteiger partial charge on any atom is -0.383 e. The number of fused-ring (bicyclic) bond motifs is 1. The third-order valence-electron chi connectivity index (χ3n) is 4.32. The number of anilines is 1. The molecule has 3 rings (SSSR count). The second-order valence-corrected chi connectivity index (χ2v) is 6.07. The third-order valence-corrected chi connectivity index (χ3v) is 4.32. The van der Waals surface area contributed by atoms with Crippen molar-refractivity contribution in [1.82, 2.24) is 5.32 Å². The SMILES string of the molecule is O=C(NC[C@]1(O)CCc2ccccc21)Nc1cccc(C(F)(F)F)c1. The van der Waals surface area contributed by atoms with E-state index in [4.69, 9.17) is 0 Å². The van der Waals surface area contributed by atoms with Gasteiger partial charge in [-0.25, -0.2) is 4.79 Å². The van der Waals surface area contributed by atoms with Gasteiger partial charge in [0, 0.05) is 5.69 Å². The van der Waals surface area contributed by atoms with Crippen molar-refractivity contribution in [2.75, 3.05) is 11.9 Å². The number of hydrogen-bond donors (Lipinski definition) is 3. The normalized spacial score (nSPS) is 19.4. The molecule has 0 bridgehead atoms. The van der Waals surface area contributed by atoms with Gasteiger partial charge in [0.2, 0.25) is 0 Å². The van der Waals surface area contributed by atoms with Crippen LogP contribution in [0.15, 0.2) is 48.5 Å². The summed E-state index contributed by atoms with van der Waals surface area (Å²) in [7, 11) is 0. The van der Waals surface area contributed by atoms with Crippen molar-refractivity contribution in [2.45, 2.75) is 24.6 Å². The van der Waals surface area contributed by atoms with Crippen LogP contribution in [0.3, 0.4) is 0 Å². The van der Waals surface area contributed by atoms with Crippen LogP contribution in [-0.2, 0) is 18.2 Å². The van der Waals surface area contributed by atoms with E-state index in [-0.39, 0.29) is 12.2 Å². The summed E-state index contributed by atoms with van der Waals surface area (Å²) in [6.45, 7) is -0.0190. The van der Waals surface area contributed by atoms with Crippen molar-refractivity contribution in [3.05, 3.63) is 65.2 Å². The van der Waals surface area contributed by atoms with Gasteiger partial charge in [-0.15, -0.1) is 0 Å². The van der Waals surface area contributed by atoms with Crippen molar-refractivity contribution < 1.29 is 23.1 Å². The lowest BCUT2D eigenvalue weighted by molar-refractivity contribution is -0.137. The molecule has 0 fully saturated rings. The van der Waals surface area contributed by atoms with Crippen LogP contribution in [0.2, 0.25) is 0 Å². The molecule has 0 heterocycles. The molecule has 1 aliphatic rings. The number of hydrogen-bond acceptors (Lipinski definition) is 2. The highest BCUT2D eigenvalue weighted by Crippen LogP contribution is 2.36. The molecule has 0 unspecified atom stereocenters. The zero-order chi connectivity index (χ0) is 18.1. The molecule has 0 radical (unpaired) electrons. The number of carbonyl (C=O) groups excluding carboxylic acids is 1. The molecule has 25 heavy (non-hydrogen) atoms. The standard InChI is InChI=1S/C18H17F3N2O2/c19-18(20,21)13-5-3-6-14(10-13)23-16(24)22-11-17(25)9-8-12-4-1-2-7-15(12)17/h1-7,10,25H,8-9,11H2,(H2,22,23,24)/t17-/m1/s1. The number of alkyl halides is 3. The molecule has 132 valence electrons. The van der Waals surface area contributed by atoms with Gasteiger partial charge in [0.25, 0.3) is 0 Å². The molecule has 0 spiro atoms. The number of rotatable bonds is 3. The molecule has 0 saturated carbocycles. The Bertz CT molecular complexity index is 792. The molecular weight excluding hydrogens is 333 g/mol. The first-order valence-corrected chi connectivity index (χ1v) is 7.81. The molecule has 2 amide bonds. The van der Waals surface area contributed by atoms with Gasteiger partial charge in [-0.1, -0.05) is 30.3 Å². The molecule has 2 aromatic carbocycles. The average Bonchev–Trinajstić information content (AvgIpc) is 2.91. The maximum Gasteiger partial charge on any atom is 0.416 e. The Labute approximate surface area is 142 Å². The van der Waals surface area contributed by atoms with Gasteiger partial charge >= 0.3 is 12.2 Å². The molecular formula is C18H17F3N2O2. The van der Waals surface area contributed by atoms with Crippen molar-refractivity contribution >= 4 is 11.7 Å². The van der Waals surface area contributed by atoms with Crippen LogP contribution < -0.4 is 10.6 Å². The smallest absolute Gasteiger partial charge is 0.383 e. The number of aryl methyl sites for hydroxylation is 1. The van der Waals surface area contributed by atoms with E-state index in [0.29, 0.717) is 12.8 Å². The van der Waals surface area contributed by atoms with E-state index < -0.39 is 23.4 Å². The first-order chi connectivity index (χ1) is 11.8. The zero-order valence-corrected chi connectivity index (χ0v) is 13.2.